The Morgan fingerprint density at radius 3 is 1.72 bits per heavy atom. The van der Waals surface area contributed by atoms with Gasteiger partial charge in [0.05, 0.1) is 0 Å². The quantitative estimate of drug-likeness (QED) is 0.197. The van der Waals surface area contributed by atoms with Gasteiger partial charge < -0.3 is 0 Å². The van der Waals surface area contributed by atoms with Crippen LogP contribution in [0.3, 0.4) is 0 Å². The molecule has 5 aliphatic carbocycles. The second kappa shape index (κ2) is 15.6. The number of fused-ring (bicyclic) bond motifs is 6. The molecule has 3 aromatic carbocycles. The van der Waals surface area contributed by atoms with Gasteiger partial charge in [0.1, 0.15) is 0 Å². The molecule has 0 nitrogen and oxygen atoms in total. The Labute approximate surface area is 382 Å². The molecule has 0 saturated heterocycles. The molecule has 0 bridgehead atoms. The molecule has 3 aromatic rings. The molecule has 0 aliphatic heterocycles. The minimum atomic E-state index is -5.58. The standard InChI is InChI=1S/C29H37.2C8H7Cl2.C5H5.CH2.2ClH.Zr/c1-18-25-22-17-19-13-9-10-14-20(19)24(22)21-15-11-12-16-23(21)29(25,8)28(6,7)27(4,5)26(18,2)3;2*9-5-7-2-1-3-8(4-7)6-10;1-2-4-5-3-1;;;;/h9-11,13-15,23H,12,16-17H2,1-8H3;2*2-4H,5-6H2;1-3H,4H2;1H2;2*1H;. The first-order valence-corrected chi connectivity index (χ1v) is 29.4. The summed E-state index contributed by atoms with van der Waals surface area (Å²) in [7, 11) is 0. The van der Waals surface area contributed by atoms with Gasteiger partial charge in [0.25, 0.3) is 0 Å². The zero-order chi connectivity index (χ0) is 40.3. The number of halogens is 6. The first kappa shape index (κ1) is 46.4. The molecule has 5 aliphatic rings. The molecule has 0 radical (unpaired) electrons. The van der Waals surface area contributed by atoms with Crippen molar-refractivity contribution >= 4 is 87.5 Å². The van der Waals surface area contributed by atoms with Crippen molar-refractivity contribution in [2.45, 2.75) is 108 Å². The number of allylic oxidation sites excluding steroid dienone is 10. The van der Waals surface area contributed by atoms with Crippen LogP contribution in [0.4, 0.5) is 0 Å². The van der Waals surface area contributed by atoms with Crippen LogP contribution in [-0.2, 0) is 48.2 Å². The van der Waals surface area contributed by atoms with Crippen LogP contribution in [0.5, 0.6) is 0 Å². The van der Waals surface area contributed by atoms with Crippen LogP contribution < -0.4 is 6.54 Å². The zero-order valence-corrected chi connectivity index (χ0v) is 42.5. The van der Waals surface area contributed by atoms with Crippen LogP contribution in [0.1, 0.15) is 108 Å². The number of alkyl halides is 4. The molecule has 3 unspecified atom stereocenters. The number of benzene rings is 3. The average molecular weight is 977 g/mol. The van der Waals surface area contributed by atoms with E-state index in [0.29, 0.717) is 29.4 Å². The topological polar surface area (TPSA) is 0 Å². The third-order valence-corrected chi connectivity index (χ3v) is 38.7. The summed E-state index contributed by atoms with van der Waals surface area (Å²) >= 11 is 22.0. The van der Waals surface area contributed by atoms with Gasteiger partial charge in [0.2, 0.25) is 0 Å². The van der Waals surface area contributed by atoms with Crippen LogP contribution >= 0.6 is 71.2 Å². The van der Waals surface area contributed by atoms with Gasteiger partial charge in [-0.25, -0.2) is 0 Å². The molecule has 0 spiro atoms. The fourth-order valence-electron chi connectivity index (χ4n) is 13.7. The van der Waals surface area contributed by atoms with E-state index in [0.717, 1.165) is 47.9 Å². The Morgan fingerprint density at radius 1 is 0.690 bits per heavy atom. The maximum absolute atomic E-state index is 6.89. The van der Waals surface area contributed by atoms with E-state index in [4.69, 9.17) is 50.6 Å². The normalized spacial score (nSPS) is 26.2. The first-order valence-electron chi connectivity index (χ1n) is 20.6. The summed E-state index contributed by atoms with van der Waals surface area (Å²) in [4.78, 5) is 0. The zero-order valence-electron chi connectivity index (χ0n) is 35.4. The summed E-state index contributed by atoms with van der Waals surface area (Å²) in [5.41, 5.74) is 12.7. The van der Waals surface area contributed by atoms with Crippen molar-refractivity contribution in [3.05, 3.63) is 144 Å². The minimum absolute atomic E-state index is 0. The molecule has 0 heterocycles. The predicted octanol–water partition coefficient (Wildman–Crippen LogP) is 15.0. The van der Waals surface area contributed by atoms with E-state index in [1.165, 1.54) is 32.1 Å². The van der Waals surface area contributed by atoms with Gasteiger partial charge >= 0.3 is 361 Å². The van der Waals surface area contributed by atoms with Gasteiger partial charge in [-0.1, -0.05) is 0 Å². The van der Waals surface area contributed by atoms with E-state index in [1.54, 1.807) is 11.1 Å². The summed E-state index contributed by atoms with van der Waals surface area (Å²) in [5, 5.41) is 0. The van der Waals surface area contributed by atoms with Gasteiger partial charge in [-0.2, -0.15) is 0 Å². The summed E-state index contributed by atoms with van der Waals surface area (Å²) < 4.78 is 9.86. The van der Waals surface area contributed by atoms with Crippen LogP contribution in [0.2, 0.25) is 3.12 Å². The van der Waals surface area contributed by atoms with Crippen LogP contribution in [0.15, 0.2) is 111 Å². The summed E-state index contributed by atoms with van der Waals surface area (Å²) in [6.45, 7) is 21.1. The van der Waals surface area contributed by atoms with E-state index < -0.39 is 21.4 Å². The van der Waals surface area contributed by atoms with Gasteiger partial charge in [0.15, 0.2) is 0 Å². The fraction of sp³-hybridized carbons (Fsp3) is 0.431. The van der Waals surface area contributed by atoms with E-state index in [-0.39, 0.29) is 46.5 Å². The molecule has 0 N–H and O–H groups in total. The molecule has 58 heavy (non-hydrogen) atoms. The van der Waals surface area contributed by atoms with E-state index in [9.17, 15) is 0 Å². The first-order chi connectivity index (χ1) is 26.4. The molecule has 0 amide bonds. The monoisotopic (exact) mass is 972 g/mol. The van der Waals surface area contributed by atoms with E-state index in [1.807, 2.05) is 0 Å². The fourth-order valence-corrected chi connectivity index (χ4v) is 35.4. The van der Waals surface area contributed by atoms with Crippen molar-refractivity contribution in [2.24, 2.45) is 27.6 Å². The molecule has 3 atom stereocenters. The molecule has 1 fully saturated rings. The molecule has 8 rings (SSSR count). The van der Waals surface area contributed by atoms with Gasteiger partial charge in [-0.05, 0) is 0 Å². The Morgan fingerprint density at radius 2 is 1.22 bits per heavy atom. The van der Waals surface area contributed by atoms with Gasteiger partial charge in [0, 0.05) is 0 Å². The third kappa shape index (κ3) is 5.51. The predicted molar refractivity (Wildman–Crippen MR) is 258 cm³/mol. The van der Waals surface area contributed by atoms with Gasteiger partial charge in [-0.3, -0.25) is 0 Å². The third-order valence-electron chi connectivity index (χ3n) is 17.8. The molecule has 310 valence electrons. The van der Waals surface area contributed by atoms with E-state index in [2.05, 4.69) is 146 Å². The average Bonchev–Trinajstić information content (AvgIpc) is 3.89. The molecular weight excluding hydrogens is 917 g/mol. The molecule has 1 saturated carbocycles. The second-order valence-corrected chi connectivity index (χ2v) is 34.8. The number of hydrogen-bond acceptors (Lipinski definition) is 0. The van der Waals surface area contributed by atoms with Crippen molar-refractivity contribution in [1.29, 1.82) is 0 Å². The molecular formula is C51H60Cl6Zr. The summed E-state index contributed by atoms with van der Waals surface area (Å²) in [6, 6.07) is 23.4. The van der Waals surface area contributed by atoms with E-state index >= 15 is 0 Å². The van der Waals surface area contributed by atoms with Crippen LogP contribution in [-0.4, -0.2) is 4.21 Å². The Hall–Kier alpha value is -1.15. The summed E-state index contributed by atoms with van der Waals surface area (Å²) in [6.07, 6.45) is 16.1. The SMILES string of the molecule is Cl.Cl.[CH2]=[Zr]([C]1=CC=CC1)([c]1cc(CCl)cc(CCl)c1)([c]1cc(CCl)cc(CCl)c1)[C]1(C)C2=C3Cc4ccccc4C3=C3C=CCCC3C2(C)C(C)(C)C(C)(C)C1(C)C. The van der Waals surface area contributed by atoms with Crippen molar-refractivity contribution in [1.82, 2.24) is 0 Å². The van der Waals surface area contributed by atoms with Gasteiger partial charge in [-0.15, -0.1) is 24.8 Å². The molecule has 7 heteroatoms. The summed E-state index contributed by atoms with van der Waals surface area (Å²) in [5.74, 6) is 1.96. The second-order valence-electron chi connectivity index (χ2n) is 19.6. The van der Waals surface area contributed by atoms with Crippen LogP contribution in [0.25, 0.3) is 5.57 Å². The number of hydrogen-bond donors (Lipinski definition) is 0. The number of rotatable bonds is 8. The molecule has 0 aromatic heterocycles. The van der Waals surface area contributed by atoms with Crippen molar-refractivity contribution in [2.75, 3.05) is 0 Å². The van der Waals surface area contributed by atoms with Crippen LogP contribution in [0, 0.1) is 27.6 Å². The van der Waals surface area contributed by atoms with Crippen molar-refractivity contribution in [3.63, 3.8) is 0 Å². The van der Waals surface area contributed by atoms with Crippen molar-refractivity contribution in [3.8, 4) is 0 Å². The van der Waals surface area contributed by atoms with Crippen molar-refractivity contribution < 1.29 is 18.3 Å². The Bertz CT molecular complexity index is 2300. The Balaban J connectivity index is 0.00000283. The Kier molecular flexibility index (Phi) is 12.5. The maximum atomic E-state index is 6.89.